The van der Waals surface area contributed by atoms with Crippen LogP contribution in [-0.2, 0) is 0 Å². The van der Waals surface area contributed by atoms with Crippen LogP contribution in [0.4, 0.5) is 11.4 Å². The van der Waals surface area contributed by atoms with Crippen LogP contribution in [0.5, 0.6) is 0 Å². The van der Waals surface area contributed by atoms with E-state index in [-0.39, 0.29) is 10.6 Å². The number of nitrogens with one attached hydrogen (secondary N) is 1. The van der Waals surface area contributed by atoms with E-state index in [1.807, 2.05) is 19.1 Å². The highest BCUT2D eigenvalue weighted by molar-refractivity contribution is 5.56. The van der Waals surface area contributed by atoms with Crippen LogP contribution in [0.1, 0.15) is 32.3 Å². The first-order valence-electron chi connectivity index (χ1n) is 7.31. The Morgan fingerprint density at radius 2 is 2.15 bits per heavy atom. The van der Waals surface area contributed by atoms with Gasteiger partial charge in [-0.25, -0.2) is 0 Å². The number of nitro benzene ring substituents is 1. The molecule has 0 amide bonds. The number of nitro groups is 1. The van der Waals surface area contributed by atoms with E-state index in [0.717, 1.165) is 37.2 Å². The van der Waals surface area contributed by atoms with Crippen LogP contribution in [0, 0.1) is 17.0 Å². The van der Waals surface area contributed by atoms with Crippen LogP contribution in [0.3, 0.4) is 0 Å². The Kier molecular flexibility index (Phi) is 4.60. The number of anilines is 1. The van der Waals surface area contributed by atoms with E-state index in [1.54, 1.807) is 6.07 Å². The molecule has 1 aromatic rings. The van der Waals surface area contributed by atoms with Gasteiger partial charge in [0.25, 0.3) is 5.69 Å². The van der Waals surface area contributed by atoms with Gasteiger partial charge in [0.05, 0.1) is 4.92 Å². The van der Waals surface area contributed by atoms with Crippen LogP contribution < -0.4 is 10.2 Å². The molecule has 5 nitrogen and oxygen atoms in total. The molecule has 5 heteroatoms. The quantitative estimate of drug-likeness (QED) is 0.679. The van der Waals surface area contributed by atoms with Crippen molar-refractivity contribution in [2.45, 2.75) is 45.7 Å². The van der Waals surface area contributed by atoms with Crippen LogP contribution in [0.2, 0.25) is 0 Å². The SMILES string of the molecule is CCC1CN(c2ccc([N+](=O)[O-])c(C)c2)C(CC)CN1. The summed E-state index contributed by atoms with van der Waals surface area (Å²) in [5.74, 6) is 0. The average Bonchev–Trinajstić information content (AvgIpc) is 2.46. The van der Waals surface area contributed by atoms with Gasteiger partial charge >= 0.3 is 0 Å². The molecule has 0 aliphatic carbocycles. The minimum Gasteiger partial charge on any atom is -0.366 e. The predicted octanol–water partition coefficient (Wildman–Crippen LogP) is 2.87. The molecule has 1 aliphatic rings. The largest absolute Gasteiger partial charge is 0.366 e. The van der Waals surface area contributed by atoms with Gasteiger partial charge in [-0.1, -0.05) is 13.8 Å². The van der Waals surface area contributed by atoms with Crippen LogP contribution in [0.15, 0.2) is 18.2 Å². The van der Waals surface area contributed by atoms with Crippen molar-refractivity contribution in [2.24, 2.45) is 0 Å². The van der Waals surface area contributed by atoms with Gasteiger partial charge in [0.2, 0.25) is 0 Å². The molecule has 0 radical (unpaired) electrons. The molecule has 20 heavy (non-hydrogen) atoms. The molecule has 0 aromatic heterocycles. The monoisotopic (exact) mass is 277 g/mol. The number of hydrogen-bond donors (Lipinski definition) is 1. The average molecular weight is 277 g/mol. The zero-order valence-electron chi connectivity index (χ0n) is 12.4. The van der Waals surface area contributed by atoms with Crippen molar-refractivity contribution in [3.63, 3.8) is 0 Å². The van der Waals surface area contributed by atoms with Crippen molar-refractivity contribution in [3.05, 3.63) is 33.9 Å². The highest BCUT2D eigenvalue weighted by Gasteiger charge is 2.26. The Labute approximate surface area is 120 Å². The number of hydrogen-bond acceptors (Lipinski definition) is 4. The zero-order valence-corrected chi connectivity index (χ0v) is 12.4. The van der Waals surface area contributed by atoms with Gasteiger partial charge < -0.3 is 10.2 Å². The number of piperazine rings is 1. The minimum atomic E-state index is -0.316. The van der Waals surface area contributed by atoms with Crippen molar-refractivity contribution in [1.29, 1.82) is 0 Å². The number of aryl methyl sites for hydroxylation is 1. The zero-order chi connectivity index (χ0) is 14.7. The molecule has 0 bridgehead atoms. The Bertz CT molecular complexity index is 490. The number of benzene rings is 1. The van der Waals surface area contributed by atoms with Gasteiger partial charge in [0.15, 0.2) is 0 Å². The Hall–Kier alpha value is -1.62. The smallest absolute Gasteiger partial charge is 0.272 e. The fourth-order valence-electron chi connectivity index (χ4n) is 2.84. The second-order valence-corrected chi connectivity index (χ2v) is 5.46. The Balaban J connectivity index is 2.27. The molecule has 110 valence electrons. The lowest BCUT2D eigenvalue weighted by molar-refractivity contribution is -0.385. The summed E-state index contributed by atoms with van der Waals surface area (Å²) < 4.78 is 0. The summed E-state index contributed by atoms with van der Waals surface area (Å²) in [6.07, 6.45) is 2.17. The van der Waals surface area contributed by atoms with Crippen molar-refractivity contribution < 1.29 is 4.92 Å². The molecule has 0 spiro atoms. The molecule has 2 atom stereocenters. The first kappa shape index (κ1) is 14.8. The van der Waals surface area contributed by atoms with Crippen molar-refractivity contribution in [1.82, 2.24) is 5.32 Å². The molecule has 0 saturated carbocycles. The van der Waals surface area contributed by atoms with E-state index < -0.39 is 0 Å². The van der Waals surface area contributed by atoms with Gasteiger partial charge in [0, 0.05) is 42.5 Å². The molecule has 1 aromatic carbocycles. The molecule has 1 aliphatic heterocycles. The lowest BCUT2D eigenvalue weighted by Crippen LogP contribution is -2.56. The van der Waals surface area contributed by atoms with Crippen LogP contribution in [0.25, 0.3) is 0 Å². The molecule has 1 fully saturated rings. The van der Waals surface area contributed by atoms with E-state index in [1.165, 1.54) is 0 Å². The summed E-state index contributed by atoms with van der Waals surface area (Å²) in [5, 5.41) is 14.5. The van der Waals surface area contributed by atoms with E-state index >= 15 is 0 Å². The molecule has 2 rings (SSSR count). The van der Waals surface area contributed by atoms with Crippen LogP contribution in [-0.4, -0.2) is 30.1 Å². The summed E-state index contributed by atoms with van der Waals surface area (Å²) in [5.41, 5.74) is 2.03. The molecule has 1 heterocycles. The number of nitrogens with zero attached hydrogens (tertiary/aromatic N) is 2. The van der Waals surface area contributed by atoms with E-state index in [0.29, 0.717) is 12.1 Å². The maximum atomic E-state index is 10.9. The van der Waals surface area contributed by atoms with Crippen molar-refractivity contribution >= 4 is 11.4 Å². The third kappa shape index (κ3) is 2.93. The second-order valence-electron chi connectivity index (χ2n) is 5.46. The maximum Gasteiger partial charge on any atom is 0.272 e. The molecule has 1 saturated heterocycles. The van der Waals surface area contributed by atoms with Crippen molar-refractivity contribution in [3.8, 4) is 0 Å². The van der Waals surface area contributed by atoms with Gasteiger partial charge in [-0.05, 0) is 31.9 Å². The maximum absolute atomic E-state index is 10.9. The first-order chi connectivity index (χ1) is 9.56. The van der Waals surface area contributed by atoms with Gasteiger partial charge in [-0.2, -0.15) is 0 Å². The summed E-state index contributed by atoms with van der Waals surface area (Å²) in [4.78, 5) is 13.0. The topological polar surface area (TPSA) is 58.4 Å². The number of rotatable bonds is 4. The second kappa shape index (κ2) is 6.22. The Morgan fingerprint density at radius 1 is 1.40 bits per heavy atom. The molecular formula is C15H23N3O2. The fraction of sp³-hybridized carbons (Fsp3) is 0.600. The van der Waals surface area contributed by atoms with Gasteiger partial charge in [0.1, 0.15) is 0 Å². The van der Waals surface area contributed by atoms with E-state index in [4.69, 9.17) is 0 Å². The third-order valence-electron chi connectivity index (χ3n) is 4.17. The normalized spacial score (nSPS) is 22.9. The standard InChI is InChI=1S/C15H23N3O2/c1-4-12-10-17(13(5-2)9-16-12)14-6-7-15(18(19)20)11(3)8-14/h6-8,12-13,16H,4-5,9-10H2,1-3H3. The molecule has 1 N–H and O–H groups in total. The summed E-state index contributed by atoms with van der Waals surface area (Å²) >= 11 is 0. The summed E-state index contributed by atoms with van der Waals surface area (Å²) in [6.45, 7) is 8.12. The fourth-order valence-corrected chi connectivity index (χ4v) is 2.84. The molecular weight excluding hydrogens is 254 g/mol. The Morgan fingerprint density at radius 3 is 2.70 bits per heavy atom. The van der Waals surface area contributed by atoms with E-state index in [2.05, 4.69) is 24.1 Å². The highest BCUT2D eigenvalue weighted by atomic mass is 16.6. The van der Waals surface area contributed by atoms with Gasteiger partial charge in [-0.3, -0.25) is 10.1 Å². The lowest BCUT2D eigenvalue weighted by atomic mass is 10.0. The summed E-state index contributed by atoms with van der Waals surface area (Å²) in [6, 6.07) is 6.40. The lowest BCUT2D eigenvalue weighted by Gasteiger charge is -2.41. The molecule has 2 unspecified atom stereocenters. The third-order valence-corrected chi connectivity index (χ3v) is 4.17. The highest BCUT2D eigenvalue weighted by Crippen LogP contribution is 2.27. The van der Waals surface area contributed by atoms with E-state index in [9.17, 15) is 10.1 Å². The minimum absolute atomic E-state index is 0.198. The first-order valence-corrected chi connectivity index (χ1v) is 7.31. The predicted molar refractivity (Wildman–Crippen MR) is 81.3 cm³/mol. The van der Waals surface area contributed by atoms with Gasteiger partial charge in [-0.15, -0.1) is 0 Å². The van der Waals surface area contributed by atoms with Crippen molar-refractivity contribution in [2.75, 3.05) is 18.0 Å². The van der Waals surface area contributed by atoms with Crippen LogP contribution >= 0.6 is 0 Å². The summed E-state index contributed by atoms with van der Waals surface area (Å²) in [7, 11) is 0.